The average molecular weight is 334 g/mol. The molecule has 2 fully saturated rings. The minimum absolute atomic E-state index is 0.0547. The summed E-state index contributed by atoms with van der Waals surface area (Å²) in [5.41, 5.74) is 1.23. The molecule has 3 rings (SSSR count). The molecular weight excluding hydrogens is 308 g/mol. The third kappa shape index (κ3) is 3.84. The molecular formula is C17H26N4O3. The molecule has 1 aromatic rings. The minimum atomic E-state index is -0.470. The van der Waals surface area contributed by atoms with Gasteiger partial charge in [-0.1, -0.05) is 13.8 Å². The van der Waals surface area contributed by atoms with E-state index in [2.05, 4.69) is 29.1 Å². The van der Waals surface area contributed by atoms with E-state index in [-0.39, 0.29) is 5.91 Å². The Morgan fingerprint density at radius 1 is 1.29 bits per heavy atom. The van der Waals surface area contributed by atoms with Crippen molar-refractivity contribution in [3.63, 3.8) is 0 Å². The van der Waals surface area contributed by atoms with Crippen molar-refractivity contribution in [2.24, 2.45) is 5.92 Å². The van der Waals surface area contributed by atoms with Gasteiger partial charge in [0.2, 0.25) is 5.95 Å². The second-order valence-corrected chi connectivity index (χ2v) is 6.89. The minimum Gasteiger partial charge on any atom is -0.354 e. The maximum absolute atomic E-state index is 12.8. The lowest BCUT2D eigenvalue weighted by atomic mass is 10.0. The van der Waals surface area contributed by atoms with Gasteiger partial charge in [0, 0.05) is 38.2 Å². The molecule has 0 bridgehead atoms. The van der Waals surface area contributed by atoms with Gasteiger partial charge in [0.15, 0.2) is 5.79 Å². The zero-order valence-electron chi connectivity index (χ0n) is 14.7. The molecule has 2 aliphatic heterocycles. The number of carbonyl (C=O) groups excluding carboxylic acids is 1. The van der Waals surface area contributed by atoms with E-state index < -0.39 is 5.79 Å². The number of nitrogens with zero attached hydrogens (tertiary/aromatic N) is 3. The topological polar surface area (TPSA) is 76.6 Å². The van der Waals surface area contributed by atoms with Gasteiger partial charge in [-0.25, -0.2) is 9.97 Å². The molecule has 3 heterocycles. The van der Waals surface area contributed by atoms with Gasteiger partial charge in [0.05, 0.1) is 13.2 Å². The van der Waals surface area contributed by atoms with E-state index in [1.807, 2.05) is 11.8 Å². The summed E-state index contributed by atoms with van der Waals surface area (Å²) in [6.45, 7) is 9.42. The summed E-state index contributed by atoms with van der Waals surface area (Å²) >= 11 is 0. The molecule has 2 saturated heterocycles. The Morgan fingerprint density at radius 3 is 2.58 bits per heavy atom. The lowest BCUT2D eigenvalue weighted by molar-refractivity contribution is -0.181. The van der Waals surface area contributed by atoms with Crippen LogP contribution in [-0.4, -0.2) is 59.4 Å². The average Bonchev–Trinajstić information content (AvgIpc) is 3.01. The molecule has 1 aromatic heterocycles. The molecule has 0 unspecified atom stereocenters. The highest BCUT2D eigenvalue weighted by atomic mass is 16.7. The molecule has 132 valence electrons. The largest absolute Gasteiger partial charge is 0.354 e. The normalized spacial score (nSPS) is 19.9. The molecule has 0 aliphatic carbocycles. The molecule has 1 N–H and O–H groups in total. The second kappa shape index (κ2) is 7.03. The van der Waals surface area contributed by atoms with Crippen LogP contribution in [0.15, 0.2) is 6.07 Å². The number of nitrogens with one attached hydrogen (secondary N) is 1. The van der Waals surface area contributed by atoms with Crippen molar-refractivity contribution in [2.45, 2.75) is 39.4 Å². The Balaban J connectivity index is 1.66. The van der Waals surface area contributed by atoms with Crippen molar-refractivity contribution in [3.05, 3.63) is 17.5 Å². The van der Waals surface area contributed by atoms with Gasteiger partial charge in [0.1, 0.15) is 5.69 Å². The van der Waals surface area contributed by atoms with Crippen molar-refractivity contribution in [1.29, 1.82) is 0 Å². The standard InChI is InChI=1S/C17H26N4O3/c1-12(2)11-18-16-19-13(3)10-14(20-16)15(22)21-6-4-17(5-7-21)23-8-9-24-17/h10,12H,4-9,11H2,1-3H3,(H,18,19,20). The van der Waals surface area contributed by atoms with E-state index in [1.54, 1.807) is 6.07 Å². The van der Waals surface area contributed by atoms with Crippen LogP contribution in [0.3, 0.4) is 0 Å². The van der Waals surface area contributed by atoms with Crippen LogP contribution >= 0.6 is 0 Å². The van der Waals surface area contributed by atoms with Crippen LogP contribution in [0.5, 0.6) is 0 Å². The van der Waals surface area contributed by atoms with Crippen molar-refractivity contribution in [1.82, 2.24) is 14.9 Å². The highest BCUT2D eigenvalue weighted by Crippen LogP contribution is 2.31. The van der Waals surface area contributed by atoms with Crippen LogP contribution in [0.4, 0.5) is 5.95 Å². The third-order valence-electron chi connectivity index (χ3n) is 4.37. The SMILES string of the molecule is Cc1cc(C(=O)N2CCC3(CC2)OCCO3)nc(NCC(C)C)n1. The smallest absolute Gasteiger partial charge is 0.272 e. The summed E-state index contributed by atoms with van der Waals surface area (Å²) in [4.78, 5) is 23.3. The number of hydrogen-bond donors (Lipinski definition) is 1. The molecule has 1 spiro atoms. The Bertz CT molecular complexity index is 589. The maximum atomic E-state index is 12.8. The highest BCUT2D eigenvalue weighted by Gasteiger charge is 2.41. The molecule has 7 nitrogen and oxygen atoms in total. The lowest BCUT2D eigenvalue weighted by Crippen LogP contribution is -2.47. The fraction of sp³-hybridized carbons (Fsp3) is 0.706. The van der Waals surface area contributed by atoms with Crippen molar-refractivity contribution in [2.75, 3.05) is 38.2 Å². The van der Waals surface area contributed by atoms with Crippen molar-refractivity contribution in [3.8, 4) is 0 Å². The number of piperidine rings is 1. The van der Waals surface area contributed by atoms with Crippen LogP contribution in [0.25, 0.3) is 0 Å². The molecule has 0 saturated carbocycles. The zero-order valence-corrected chi connectivity index (χ0v) is 14.7. The number of amides is 1. The van der Waals surface area contributed by atoms with Crippen LogP contribution in [0.1, 0.15) is 42.9 Å². The quantitative estimate of drug-likeness (QED) is 0.905. The molecule has 0 radical (unpaired) electrons. The van der Waals surface area contributed by atoms with Gasteiger partial charge < -0.3 is 19.7 Å². The summed E-state index contributed by atoms with van der Waals surface area (Å²) in [7, 11) is 0. The summed E-state index contributed by atoms with van der Waals surface area (Å²) in [6, 6.07) is 1.75. The number of aryl methyl sites for hydroxylation is 1. The Kier molecular flexibility index (Phi) is 5.01. The molecule has 2 aliphatic rings. The number of anilines is 1. The molecule has 7 heteroatoms. The summed E-state index contributed by atoms with van der Waals surface area (Å²) in [5.74, 6) is 0.476. The Labute approximate surface area is 142 Å². The maximum Gasteiger partial charge on any atom is 0.272 e. The number of hydrogen-bond acceptors (Lipinski definition) is 6. The van der Waals surface area contributed by atoms with Crippen LogP contribution < -0.4 is 5.32 Å². The molecule has 0 aromatic carbocycles. The first-order valence-corrected chi connectivity index (χ1v) is 8.64. The molecule has 0 atom stereocenters. The first-order valence-electron chi connectivity index (χ1n) is 8.64. The van der Waals surface area contributed by atoms with Gasteiger partial charge in [0.25, 0.3) is 5.91 Å². The zero-order chi connectivity index (χ0) is 17.2. The van der Waals surface area contributed by atoms with Crippen molar-refractivity contribution >= 4 is 11.9 Å². The molecule has 1 amide bonds. The highest BCUT2D eigenvalue weighted by molar-refractivity contribution is 5.92. The van der Waals surface area contributed by atoms with E-state index >= 15 is 0 Å². The third-order valence-corrected chi connectivity index (χ3v) is 4.37. The van der Waals surface area contributed by atoms with Gasteiger partial charge in [-0.2, -0.15) is 0 Å². The van der Waals surface area contributed by atoms with Crippen LogP contribution in [0.2, 0.25) is 0 Å². The fourth-order valence-corrected chi connectivity index (χ4v) is 3.05. The van der Waals surface area contributed by atoms with E-state index in [0.29, 0.717) is 56.7 Å². The van der Waals surface area contributed by atoms with Crippen LogP contribution in [-0.2, 0) is 9.47 Å². The lowest BCUT2D eigenvalue weighted by Gasteiger charge is -2.37. The van der Waals surface area contributed by atoms with Crippen molar-refractivity contribution < 1.29 is 14.3 Å². The van der Waals surface area contributed by atoms with E-state index in [0.717, 1.165) is 12.2 Å². The number of ether oxygens (including phenoxy) is 2. The van der Waals surface area contributed by atoms with Crippen LogP contribution in [0, 0.1) is 12.8 Å². The fourth-order valence-electron chi connectivity index (χ4n) is 3.05. The Morgan fingerprint density at radius 2 is 1.96 bits per heavy atom. The first kappa shape index (κ1) is 17.1. The summed E-state index contributed by atoms with van der Waals surface area (Å²) in [5, 5.41) is 3.19. The van der Waals surface area contributed by atoms with Gasteiger partial charge in [-0.15, -0.1) is 0 Å². The second-order valence-electron chi connectivity index (χ2n) is 6.89. The number of carbonyl (C=O) groups is 1. The molecule has 24 heavy (non-hydrogen) atoms. The number of likely N-dealkylation sites (tertiary alicyclic amines) is 1. The number of rotatable bonds is 4. The monoisotopic (exact) mass is 334 g/mol. The predicted octanol–water partition coefficient (Wildman–Crippen LogP) is 1.83. The predicted molar refractivity (Wildman–Crippen MR) is 89.9 cm³/mol. The summed E-state index contributed by atoms with van der Waals surface area (Å²) in [6.07, 6.45) is 1.42. The van der Waals surface area contributed by atoms with Gasteiger partial charge in [-0.05, 0) is 18.9 Å². The van der Waals surface area contributed by atoms with E-state index in [9.17, 15) is 4.79 Å². The van der Waals surface area contributed by atoms with E-state index in [1.165, 1.54) is 0 Å². The van der Waals surface area contributed by atoms with Gasteiger partial charge >= 0.3 is 0 Å². The first-order chi connectivity index (χ1) is 11.5. The van der Waals surface area contributed by atoms with E-state index in [4.69, 9.17) is 9.47 Å². The summed E-state index contributed by atoms with van der Waals surface area (Å²) < 4.78 is 11.4. The Hall–Kier alpha value is -1.73. The van der Waals surface area contributed by atoms with Gasteiger partial charge in [-0.3, -0.25) is 4.79 Å². The number of aromatic nitrogens is 2.